The van der Waals surface area contributed by atoms with E-state index in [4.69, 9.17) is 16.3 Å². The Morgan fingerprint density at radius 3 is 2.52 bits per heavy atom. The summed E-state index contributed by atoms with van der Waals surface area (Å²) in [4.78, 5) is 17.6. The Bertz CT molecular complexity index is 1130. The second-order valence-corrected chi connectivity index (χ2v) is 7.59. The molecular formula is C23H20ClN3O2. The predicted octanol–water partition coefficient (Wildman–Crippen LogP) is 5.45. The minimum atomic E-state index is -1.08. The molecule has 2 heterocycles. The third-order valence-corrected chi connectivity index (χ3v) is 4.80. The lowest BCUT2D eigenvalue weighted by Gasteiger charge is -2.25. The van der Waals surface area contributed by atoms with Crippen LogP contribution in [0.15, 0.2) is 79.1 Å². The van der Waals surface area contributed by atoms with Gasteiger partial charge in [0.25, 0.3) is 5.91 Å². The van der Waals surface area contributed by atoms with Crippen molar-refractivity contribution in [2.24, 2.45) is 0 Å². The van der Waals surface area contributed by atoms with Gasteiger partial charge in [-0.2, -0.15) is 0 Å². The molecule has 4 aromatic rings. The van der Waals surface area contributed by atoms with Gasteiger partial charge in [-0.25, -0.2) is 4.98 Å². The van der Waals surface area contributed by atoms with Gasteiger partial charge in [-0.15, -0.1) is 0 Å². The first-order valence-electron chi connectivity index (χ1n) is 9.21. The largest absolute Gasteiger partial charge is 0.478 e. The van der Waals surface area contributed by atoms with Crippen LogP contribution in [0.4, 0.5) is 5.69 Å². The van der Waals surface area contributed by atoms with Crippen LogP contribution in [0.25, 0.3) is 16.9 Å². The van der Waals surface area contributed by atoms with E-state index in [0.29, 0.717) is 16.5 Å². The minimum Gasteiger partial charge on any atom is -0.478 e. The van der Waals surface area contributed by atoms with Gasteiger partial charge >= 0.3 is 0 Å². The molecule has 1 amide bonds. The molecule has 5 nitrogen and oxygen atoms in total. The quantitative estimate of drug-likeness (QED) is 0.480. The molecule has 1 N–H and O–H groups in total. The van der Waals surface area contributed by atoms with Crippen molar-refractivity contribution in [1.29, 1.82) is 0 Å². The number of aromatic nitrogens is 2. The van der Waals surface area contributed by atoms with Crippen LogP contribution in [0.5, 0.6) is 5.75 Å². The van der Waals surface area contributed by atoms with Crippen molar-refractivity contribution in [3.05, 3.63) is 84.1 Å². The lowest BCUT2D eigenvalue weighted by atomic mass is 10.1. The van der Waals surface area contributed by atoms with E-state index in [9.17, 15) is 4.79 Å². The number of amides is 1. The smallest absolute Gasteiger partial charge is 0.267 e. The Balaban J connectivity index is 1.59. The van der Waals surface area contributed by atoms with Crippen LogP contribution >= 0.6 is 11.6 Å². The molecule has 29 heavy (non-hydrogen) atoms. The molecule has 0 saturated heterocycles. The summed E-state index contributed by atoms with van der Waals surface area (Å²) in [5.41, 5.74) is 2.05. The first-order valence-corrected chi connectivity index (χ1v) is 9.59. The van der Waals surface area contributed by atoms with Crippen LogP contribution in [0.1, 0.15) is 13.8 Å². The molecule has 0 fully saturated rings. The number of benzene rings is 2. The van der Waals surface area contributed by atoms with Crippen molar-refractivity contribution in [3.8, 4) is 17.0 Å². The Morgan fingerprint density at radius 1 is 1.03 bits per heavy atom. The van der Waals surface area contributed by atoms with Crippen molar-refractivity contribution >= 4 is 28.8 Å². The topological polar surface area (TPSA) is 55.6 Å². The third kappa shape index (κ3) is 4.10. The predicted molar refractivity (Wildman–Crippen MR) is 115 cm³/mol. The summed E-state index contributed by atoms with van der Waals surface area (Å²) in [6.07, 6.45) is 3.88. The molecule has 0 unspecified atom stereocenters. The zero-order valence-corrected chi connectivity index (χ0v) is 16.9. The van der Waals surface area contributed by atoms with Crippen LogP contribution in [0.2, 0.25) is 5.02 Å². The third-order valence-electron chi connectivity index (χ3n) is 4.55. The minimum absolute atomic E-state index is 0.260. The molecule has 2 aromatic heterocycles. The zero-order valence-electron chi connectivity index (χ0n) is 16.1. The Morgan fingerprint density at radius 2 is 1.76 bits per heavy atom. The van der Waals surface area contributed by atoms with Crippen LogP contribution < -0.4 is 10.1 Å². The van der Waals surface area contributed by atoms with E-state index in [1.54, 1.807) is 38.1 Å². The molecule has 4 rings (SSSR count). The highest BCUT2D eigenvalue weighted by Crippen LogP contribution is 2.29. The van der Waals surface area contributed by atoms with E-state index < -0.39 is 5.60 Å². The molecule has 0 saturated carbocycles. The second kappa shape index (κ2) is 7.60. The number of rotatable bonds is 5. The lowest BCUT2D eigenvalue weighted by Crippen LogP contribution is -2.42. The molecule has 6 heteroatoms. The molecule has 0 bridgehead atoms. The van der Waals surface area contributed by atoms with Gasteiger partial charge in [-0.3, -0.25) is 4.79 Å². The summed E-state index contributed by atoms with van der Waals surface area (Å²) < 4.78 is 7.84. The number of pyridine rings is 1. The number of nitrogens with one attached hydrogen (secondary N) is 1. The van der Waals surface area contributed by atoms with Crippen molar-refractivity contribution in [2.75, 3.05) is 5.32 Å². The number of carbonyl (C=O) groups excluding carboxylic acids is 1. The molecule has 0 aliphatic heterocycles. The van der Waals surface area contributed by atoms with E-state index in [2.05, 4.69) is 10.3 Å². The van der Waals surface area contributed by atoms with E-state index in [1.807, 2.05) is 59.3 Å². The Kier molecular flexibility index (Phi) is 4.99. The summed E-state index contributed by atoms with van der Waals surface area (Å²) in [5.74, 6) is 0.312. The van der Waals surface area contributed by atoms with Crippen LogP contribution in [0, 0.1) is 0 Å². The van der Waals surface area contributed by atoms with Gasteiger partial charge in [0.05, 0.1) is 11.4 Å². The highest BCUT2D eigenvalue weighted by molar-refractivity contribution is 6.30. The van der Waals surface area contributed by atoms with Gasteiger partial charge in [0.15, 0.2) is 5.60 Å². The van der Waals surface area contributed by atoms with E-state index in [1.165, 1.54) is 0 Å². The van der Waals surface area contributed by atoms with Crippen LogP contribution in [0.3, 0.4) is 0 Å². The molecule has 2 aromatic carbocycles. The number of hydrogen-bond acceptors (Lipinski definition) is 3. The van der Waals surface area contributed by atoms with Gasteiger partial charge < -0.3 is 14.5 Å². The summed E-state index contributed by atoms with van der Waals surface area (Å²) in [7, 11) is 0. The average Bonchev–Trinajstić information content (AvgIpc) is 3.14. The molecule has 0 aliphatic carbocycles. The number of fused-ring (bicyclic) bond motifs is 1. The van der Waals surface area contributed by atoms with Crippen LogP contribution in [-0.4, -0.2) is 20.9 Å². The number of nitrogens with zero attached hydrogens (tertiary/aromatic N) is 2. The Hall–Kier alpha value is -3.31. The lowest BCUT2D eigenvalue weighted by molar-refractivity contribution is -0.128. The van der Waals surface area contributed by atoms with Gasteiger partial charge in [0, 0.05) is 23.0 Å². The van der Waals surface area contributed by atoms with Gasteiger partial charge in [0.2, 0.25) is 0 Å². The van der Waals surface area contributed by atoms with E-state index >= 15 is 0 Å². The average molecular weight is 406 g/mol. The highest BCUT2D eigenvalue weighted by Gasteiger charge is 2.30. The van der Waals surface area contributed by atoms with Gasteiger partial charge in [0.1, 0.15) is 11.4 Å². The monoisotopic (exact) mass is 405 g/mol. The van der Waals surface area contributed by atoms with Crippen LogP contribution in [-0.2, 0) is 4.79 Å². The number of hydrogen-bond donors (Lipinski definition) is 1. The maximum atomic E-state index is 13.0. The summed E-state index contributed by atoms with van der Waals surface area (Å²) in [5, 5.41) is 3.60. The molecule has 146 valence electrons. The summed E-state index contributed by atoms with van der Waals surface area (Å²) >= 11 is 5.92. The molecule has 0 atom stereocenters. The second-order valence-electron chi connectivity index (χ2n) is 7.16. The molecule has 0 radical (unpaired) electrons. The number of ether oxygens (including phenoxy) is 1. The highest BCUT2D eigenvalue weighted by atomic mass is 35.5. The van der Waals surface area contributed by atoms with Crippen molar-refractivity contribution < 1.29 is 9.53 Å². The number of para-hydroxylation sites is 1. The fourth-order valence-corrected chi connectivity index (χ4v) is 3.12. The maximum Gasteiger partial charge on any atom is 0.267 e. The van der Waals surface area contributed by atoms with E-state index in [0.717, 1.165) is 16.9 Å². The Labute approximate surface area is 173 Å². The summed E-state index contributed by atoms with van der Waals surface area (Å²) in [6.45, 7) is 3.45. The zero-order chi connectivity index (χ0) is 20.4. The number of anilines is 1. The van der Waals surface area contributed by atoms with Crippen molar-refractivity contribution in [2.45, 2.75) is 19.4 Å². The molecule has 0 aliphatic rings. The van der Waals surface area contributed by atoms with Crippen molar-refractivity contribution in [3.63, 3.8) is 0 Å². The maximum absolute atomic E-state index is 13.0. The number of carbonyl (C=O) groups is 1. The molecular weight excluding hydrogens is 386 g/mol. The summed E-state index contributed by atoms with van der Waals surface area (Å²) in [6, 6.07) is 20.3. The van der Waals surface area contributed by atoms with Gasteiger partial charge in [-0.1, -0.05) is 35.9 Å². The number of halogens is 1. The fourth-order valence-electron chi connectivity index (χ4n) is 3.00. The van der Waals surface area contributed by atoms with E-state index in [-0.39, 0.29) is 5.91 Å². The fraction of sp³-hybridized carbons (Fsp3) is 0.130. The first kappa shape index (κ1) is 19.0. The normalized spacial score (nSPS) is 11.4. The standard InChI is InChI=1S/C23H20ClN3O2/c1-23(2,29-17-12-10-16(24)11-13-17)22(28)26-19-8-4-3-7-18(19)20-15-27-14-6-5-9-21(27)25-20/h3-15H,1-2H3,(H,26,28). The number of imidazole rings is 1. The van der Waals surface area contributed by atoms with Gasteiger partial charge in [-0.05, 0) is 56.3 Å². The SMILES string of the molecule is CC(C)(Oc1ccc(Cl)cc1)C(=O)Nc1ccccc1-c1cn2ccccc2n1. The van der Waals surface area contributed by atoms with Crippen molar-refractivity contribution in [1.82, 2.24) is 9.38 Å². The molecule has 0 spiro atoms. The first-order chi connectivity index (χ1) is 13.9.